The number of hydrogen-bond acceptors (Lipinski definition) is 4. The van der Waals surface area contributed by atoms with Gasteiger partial charge in [-0.25, -0.2) is 0 Å². The normalized spacial score (nSPS) is 23.5. The molecule has 17 heavy (non-hydrogen) atoms. The van der Waals surface area contributed by atoms with Crippen molar-refractivity contribution in [3.63, 3.8) is 0 Å². The standard InChI is InChI=1S/C12H20N4O/c13-9-11(8-12(17)15-10-2-3-10)16-6-1-4-14-5-7-16/h10-11,14H,1-8H2,(H,15,17). The van der Waals surface area contributed by atoms with E-state index in [0.717, 1.165) is 45.4 Å². The molecule has 0 aromatic rings. The Labute approximate surface area is 102 Å². The number of rotatable bonds is 4. The molecule has 2 aliphatic rings. The van der Waals surface area contributed by atoms with Gasteiger partial charge in [0.15, 0.2) is 0 Å². The molecule has 5 nitrogen and oxygen atoms in total. The summed E-state index contributed by atoms with van der Waals surface area (Å²) in [7, 11) is 0. The fraction of sp³-hybridized carbons (Fsp3) is 0.833. The van der Waals surface area contributed by atoms with E-state index < -0.39 is 0 Å². The lowest BCUT2D eigenvalue weighted by atomic mass is 10.1. The third-order valence-corrected chi connectivity index (χ3v) is 3.29. The van der Waals surface area contributed by atoms with E-state index in [2.05, 4.69) is 21.6 Å². The van der Waals surface area contributed by atoms with Crippen LogP contribution >= 0.6 is 0 Å². The smallest absolute Gasteiger partial charge is 0.222 e. The molecule has 0 aromatic heterocycles. The first-order valence-electron chi connectivity index (χ1n) is 6.43. The largest absolute Gasteiger partial charge is 0.353 e. The maximum Gasteiger partial charge on any atom is 0.222 e. The molecule has 1 aliphatic carbocycles. The minimum atomic E-state index is -0.270. The van der Waals surface area contributed by atoms with Gasteiger partial charge in [0, 0.05) is 25.7 Å². The Morgan fingerprint density at radius 1 is 1.47 bits per heavy atom. The van der Waals surface area contributed by atoms with Crippen LogP contribution in [0.1, 0.15) is 25.7 Å². The van der Waals surface area contributed by atoms with Crippen molar-refractivity contribution < 1.29 is 4.79 Å². The first kappa shape index (κ1) is 12.3. The lowest BCUT2D eigenvalue weighted by Crippen LogP contribution is -2.40. The Hall–Kier alpha value is -1.12. The van der Waals surface area contributed by atoms with Crippen molar-refractivity contribution in [2.45, 2.75) is 37.8 Å². The fourth-order valence-electron chi connectivity index (χ4n) is 2.12. The van der Waals surface area contributed by atoms with Crippen molar-refractivity contribution in [2.75, 3.05) is 26.2 Å². The van der Waals surface area contributed by atoms with Crippen LogP contribution in [0, 0.1) is 11.3 Å². The predicted molar refractivity (Wildman–Crippen MR) is 64.2 cm³/mol. The number of amides is 1. The summed E-state index contributed by atoms with van der Waals surface area (Å²) in [5.41, 5.74) is 0. The summed E-state index contributed by atoms with van der Waals surface area (Å²) in [6.07, 6.45) is 3.54. The predicted octanol–water partition coefficient (Wildman–Crippen LogP) is -0.157. The molecule has 1 heterocycles. The van der Waals surface area contributed by atoms with Crippen LogP contribution in [0.2, 0.25) is 0 Å². The molecule has 2 fully saturated rings. The molecule has 2 rings (SSSR count). The monoisotopic (exact) mass is 236 g/mol. The van der Waals surface area contributed by atoms with Crippen LogP contribution in [0.5, 0.6) is 0 Å². The van der Waals surface area contributed by atoms with Gasteiger partial charge in [0.1, 0.15) is 6.04 Å². The molecule has 0 radical (unpaired) electrons. The lowest BCUT2D eigenvalue weighted by molar-refractivity contribution is -0.122. The third-order valence-electron chi connectivity index (χ3n) is 3.29. The van der Waals surface area contributed by atoms with Gasteiger partial charge < -0.3 is 10.6 Å². The second-order valence-corrected chi connectivity index (χ2v) is 4.83. The average molecular weight is 236 g/mol. The molecule has 2 N–H and O–H groups in total. The first-order chi connectivity index (χ1) is 8.29. The van der Waals surface area contributed by atoms with Crippen LogP contribution in [0.25, 0.3) is 0 Å². The number of nitriles is 1. The van der Waals surface area contributed by atoms with E-state index in [9.17, 15) is 10.1 Å². The van der Waals surface area contributed by atoms with Crippen molar-refractivity contribution in [2.24, 2.45) is 0 Å². The van der Waals surface area contributed by atoms with E-state index in [1.807, 2.05) is 0 Å². The highest BCUT2D eigenvalue weighted by atomic mass is 16.1. The Morgan fingerprint density at radius 2 is 2.29 bits per heavy atom. The summed E-state index contributed by atoms with van der Waals surface area (Å²) in [4.78, 5) is 13.8. The van der Waals surface area contributed by atoms with E-state index in [4.69, 9.17) is 0 Å². The van der Waals surface area contributed by atoms with E-state index in [-0.39, 0.29) is 11.9 Å². The summed E-state index contributed by atoms with van der Waals surface area (Å²) in [5.74, 6) is 0.0243. The quantitative estimate of drug-likeness (QED) is 0.712. The number of hydrogen-bond donors (Lipinski definition) is 2. The first-order valence-corrected chi connectivity index (χ1v) is 6.43. The SMILES string of the molecule is N#CC(CC(=O)NC1CC1)N1CCCNCC1. The fourth-order valence-corrected chi connectivity index (χ4v) is 2.12. The van der Waals surface area contributed by atoms with E-state index in [1.165, 1.54) is 0 Å². The number of nitrogens with one attached hydrogen (secondary N) is 2. The molecule has 1 atom stereocenters. The second kappa shape index (κ2) is 5.99. The molecular formula is C12H20N4O. The van der Waals surface area contributed by atoms with Gasteiger partial charge >= 0.3 is 0 Å². The van der Waals surface area contributed by atoms with Crippen LogP contribution in [0.4, 0.5) is 0 Å². The van der Waals surface area contributed by atoms with Gasteiger partial charge in [-0.05, 0) is 25.8 Å². The van der Waals surface area contributed by atoms with Crippen molar-refractivity contribution in [3.8, 4) is 6.07 Å². The van der Waals surface area contributed by atoms with Crippen molar-refractivity contribution in [1.29, 1.82) is 5.26 Å². The summed E-state index contributed by atoms with van der Waals surface area (Å²) < 4.78 is 0. The van der Waals surface area contributed by atoms with Crippen LogP contribution < -0.4 is 10.6 Å². The molecule has 0 spiro atoms. The van der Waals surface area contributed by atoms with Gasteiger partial charge in [-0.1, -0.05) is 0 Å². The van der Waals surface area contributed by atoms with Gasteiger partial charge in [0.2, 0.25) is 5.91 Å². The Kier molecular flexibility index (Phi) is 4.35. The Bertz CT molecular complexity index is 300. The Balaban J connectivity index is 1.81. The molecule has 0 aromatic carbocycles. The average Bonchev–Trinajstić information content (AvgIpc) is 3.12. The summed E-state index contributed by atoms with van der Waals surface area (Å²) in [5, 5.41) is 15.4. The van der Waals surface area contributed by atoms with E-state index in [1.54, 1.807) is 0 Å². The topological polar surface area (TPSA) is 68.2 Å². The number of carbonyl (C=O) groups excluding carboxylic acids is 1. The molecule has 0 bridgehead atoms. The molecule has 1 saturated carbocycles. The zero-order chi connectivity index (χ0) is 12.1. The van der Waals surface area contributed by atoms with Crippen LogP contribution in [0.15, 0.2) is 0 Å². The third kappa shape index (κ3) is 3.99. The molecular weight excluding hydrogens is 216 g/mol. The zero-order valence-corrected chi connectivity index (χ0v) is 10.1. The highest BCUT2D eigenvalue weighted by molar-refractivity contribution is 5.77. The van der Waals surface area contributed by atoms with Gasteiger partial charge in [0.25, 0.3) is 0 Å². The van der Waals surface area contributed by atoms with Gasteiger partial charge in [-0.15, -0.1) is 0 Å². The van der Waals surface area contributed by atoms with Gasteiger partial charge in [0.05, 0.1) is 12.5 Å². The minimum absolute atomic E-state index is 0.0243. The second-order valence-electron chi connectivity index (χ2n) is 4.83. The highest BCUT2D eigenvalue weighted by Gasteiger charge is 2.26. The number of nitrogens with zero attached hydrogens (tertiary/aromatic N) is 2. The molecule has 1 amide bonds. The molecule has 1 unspecified atom stereocenters. The van der Waals surface area contributed by atoms with E-state index >= 15 is 0 Å². The molecule has 1 aliphatic heterocycles. The zero-order valence-electron chi connectivity index (χ0n) is 10.1. The lowest BCUT2D eigenvalue weighted by Gasteiger charge is -2.24. The maximum absolute atomic E-state index is 11.7. The minimum Gasteiger partial charge on any atom is -0.353 e. The molecule has 94 valence electrons. The summed E-state index contributed by atoms with van der Waals surface area (Å²) in [6.45, 7) is 3.67. The van der Waals surface area contributed by atoms with Gasteiger partial charge in [-0.3, -0.25) is 9.69 Å². The van der Waals surface area contributed by atoms with Crippen molar-refractivity contribution in [1.82, 2.24) is 15.5 Å². The van der Waals surface area contributed by atoms with Crippen molar-refractivity contribution >= 4 is 5.91 Å². The van der Waals surface area contributed by atoms with Crippen molar-refractivity contribution in [3.05, 3.63) is 0 Å². The van der Waals surface area contributed by atoms with Crippen LogP contribution in [-0.4, -0.2) is 49.1 Å². The molecule has 1 saturated heterocycles. The summed E-state index contributed by atoms with van der Waals surface area (Å²) in [6, 6.07) is 2.37. The number of carbonyl (C=O) groups is 1. The maximum atomic E-state index is 11.7. The summed E-state index contributed by atoms with van der Waals surface area (Å²) >= 11 is 0. The van der Waals surface area contributed by atoms with Crippen LogP contribution in [-0.2, 0) is 4.79 Å². The Morgan fingerprint density at radius 3 is 3.00 bits per heavy atom. The highest BCUT2D eigenvalue weighted by Crippen LogP contribution is 2.19. The van der Waals surface area contributed by atoms with Crippen LogP contribution in [0.3, 0.4) is 0 Å². The van der Waals surface area contributed by atoms with Gasteiger partial charge in [-0.2, -0.15) is 5.26 Å². The molecule has 5 heteroatoms. The van der Waals surface area contributed by atoms with E-state index in [0.29, 0.717) is 12.5 Å².